The van der Waals surface area contributed by atoms with Crippen LogP contribution in [0.1, 0.15) is 6.92 Å². The fraction of sp³-hybridized carbons (Fsp3) is 0.316. The highest BCUT2D eigenvalue weighted by molar-refractivity contribution is 7.99. The van der Waals surface area contributed by atoms with Crippen LogP contribution in [0.2, 0.25) is 0 Å². The van der Waals surface area contributed by atoms with Crippen molar-refractivity contribution in [2.45, 2.75) is 17.9 Å². The second-order valence-electron chi connectivity index (χ2n) is 5.77. The van der Waals surface area contributed by atoms with E-state index in [4.69, 9.17) is 9.47 Å². The van der Waals surface area contributed by atoms with Crippen molar-refractivity contribution >= 4 is 17.7 Å². The van der Waals surface area contributed by atoms with E-state index in [9.17, 15) is 4.79 Å². The summed E-state index contributed by atoms with van der Waals surface area (Å²) in [7, 11) is 0. The number of rotatable bonds is 6. The van der Waals surface area contributed by atoms with E-state index < -0.39 is 0 Å². The normalized spacial score (nSPS) is 17.1. The van der Waals surface area contributed by atoms with Crippen molar-refractivity contribution in [2.75, 3.05) is 18.9 Å². The van der Waals surface area contributed by atoms with Crippen LogP contribution in [-0.2, 0) is 4.79 Å². The molecule has 2 atom stereocenters. The van der Waals surface area contributed by atoms with Gasteiger partial charge in [-0.1, -0.05) is 37.3 Å². The lowest BCUT2D eigenvalue weighted by Gasteiger charge is -2.26. The molecule has 1 amide bonds. The zero-order valence-electron chi connectivity index (χ0n) is 13.6. The number of hydrogen-bond donors (Lipinski definition) is 1. The predicted octanol–water partition coefficient (Wildman–Crippen LogP) is 3.37. The summed E-state index contributed by atoms with van der Waals surface area (Å²) < 4.78 is 11.5. The summed E-state index contributed by atoms with van der Waals surface area (Å²) in [5.74, 6) is 2.22. The lowest BCUT2D eigenvalue weighted by molar-refractivity contribution is -0.124. The molecule has 0 saturated heterocycles. The lowest BCUT2D eigenvalue weighted by atomic mass is 10.2. The van der Waals surface area contributed by atoms with Gasteiger partial charge in [-0.2, -0.15) is 0 Å². The number of carbonyl (C=O) groups is 1. The average Bonchev–Trinajstić information content (AvgIpc) is 2.64. The summed E-state index contributed by atoms with van der Waals surface area (Å²) in [6, 6.07) is 17.7. The van der Waals surface area contributed by atoms with Gasteiger partial charge in [0.1, 0.15) is 12.7 Å². The number of fused-ring (bicyclic) bond motifs is 1. The highest BCUT2D eigenvalue weighted by atomic mass is 32.2. The van der Waals surface area contributed by atoms with Gasteiger partial charge < -0.3 is 14.8 Å². The van der Waals surface area contributed by atoms with Crippen LogP contribution in [0.5, 0.6) is 11.5 Å². The quantitative estimate of drug-likeness (QED) is 0.817. The molecule has 126 valence electrons. The molecule has 1 aliphatic rings. The van der Waals surface area contributed by atoms with Gasteiger partial charge in [0.15, 0.2) is 11.5 Å². The molecule has 2 unspecified atom stereocenters. The number of para-hydroxylation sites is 2. The molecule has 0 fully saturated rings. The van der Waals surface area contributed by atoms with Crippen molar-refractivity contribution in [1.82, 2.24) is 5.32 Å². The Balaban J connectivity index is 1.42. The van der Waals surface area contributed by atoms with Gasteiger partial charge in [-0.25, -0.2) is 0 Å². The molecular formula is C19H21NO3S. The maximum atomic E-state index is 12.2. The van der Waals surface area contributed by atoms with Crippen LogP contribution in [0.3, 0.4) is 0 Å². The highest BCUT2D eigenvalue weighted by Gasteiger charge is 2.22. The van der Waals surface area contributed by atoms with Gasteiger partial charge in [-0.15, -0.1) is 11.8 Å². The largest absolute Gasteiger partial charge is 0.486 e. The number of benzene rings is 2. The van der Waals surface area contributed by atoms with Gasteiger partial charge >= 0.3 is 0 Å². The summed E-state index contributed by atoms with van der Waals surface area (Å²) in [4.78, 5) is 13.4. The fourth-order valence-electron chi connectivity index (χ4n) is 2.37. The third-order valence-electron chi connectivity index (χ3n) is 3.76. The van der Waals surface area contributed by atoms with E-state index >= 15 is 0 Å². The molecular weight excluding hydrogens is 322 g/mol. The Bertz CT molecular complexity index is 677. The highest BCUT2D eigenvalue weighted by Crippen LogP contribution is 2.30. The van der Waals surface area contributed by atoms with Crippen molar-refractivity contribution < 1.29 is 14.3 Å². The second kappa shape index (κ2) is 8.11. The molecule has 0 radical (unpaired) electrons. The number of thioether (sulfide) groups is 1. The van der Waals surface area contributed by atoms with Crippen molar-refractivity contribution in [1.29, 1.82) is 0 Å². The summed E-state index contributed by atoms with van der Waals surface area (Å²) in [5.41, 5.74) is 0. The van der Waals surface area contributed by atoms with Crippen LogP contribution < -0.4 is 14.8 Å². The van der Waals surface area contributed by atoms with Crippen molar-refractivity contribution in [2.24, 2.45) is 5.92 Å². The Kier molecular flexibility index (Phi) is 5.64. The minimum absolute atomic E-state index is 0.0425. The number of amides is 1. The molecule has 5 heteroatoms. The van der Waals surface area contributed by atoms with Gasteiger partial charge in [0.05, 0.1) is 6.54 Å². The van der Waals surface area contributed by atoms with Crippen molar-refractivity contribution in [3.63, 3.8) is 0 Å². The van der Waals surface area contributed by atoms with Crippen LogP contribution >= 0.6 is 11.8 Å². The van der Waals surface area contributed by atoms with Gasteiger partial charge in [0, 0.05) is 16.6 Å². The monoisotopic (exact) mass is 343 g/mol. The molecule has 2 aromatic carbocycles. The Morgan fingerprint density at radius 3 is 2.67 bits per heavy atom. The van der Waals surface area contributed by atoms with Gasteiger partial charge in [0.2, 0.25) is 5.91 Å². The molecule has 0 saturated carbocycles. The molecule has 0 bridgehead atoms. The zero-order chi connectivity index (χ0) is 16.8. The number of hydrogen-bond acceptors (Lipinski definition) is 4. The van der Waals surface area contributed by atoms with Crippen LogP contribution in [0.25, 0.3) is 0 Å². The molecule has 1 heterocycles. The van der Waals surface area contributed by atoms with E-state index in [0.29, 0.717) is 13.2 Å². The molecule has 24 heavy (non-hydrogen) atoms. The van der Waals surface area contributed by atoms with Crippen LogP contribution in [0.4, 0.5) is 0 Å². The van der Waals surface area contributed by atoms with Crippen LogP contribution in [0, 0.1) is 5.92 Å². The third-order valence-corrected chi connectivity index (χ3v) is 5.03. The van der Waals surface area contributed by atoms with Crippen LogP contribution in [0.15, 0.2) is 59.5 Å². The molecule has 0 aliphatic carbocycles. The Morgan fingerprint density at radius 2 is 1.88 bits per heavy atom. The van der Waals surface area contributed by atoms with E-state index in [1.54, 1.807) is 11.8 Å². The molecule has 1 aliphatic heterocycles. The number of nitrogens with one attached hydrogen (secondary N) is 1. The Morgan fingerprint density at radius 1 is 1.17 bits per heavy atom. The van der Waals surface area contributed by atoms with Crippen molar-refractivity contribution in [3.8, 4) is 11.5 Å². The molecule has 0 aromatic heterocycles. The fourth-order valence-corrected chi connectivity index (χ4v) is 3.31. The van der Waals surface area contributed by atoms with Crippen LogP contribution in [-0.4, -0.2) is 30.9 Å². The topological polar surface area (TPSA) is 47.6 Å². The summed E-state index contributed by atoms with van der Waals surface area (Å²) >= 11 is 1.69. The molecule has 0 spiro atoms. The first-order chi connectivity index (χ1) is 11.7. The average molecular weight is 343 g/mol. The summed E-state index contributed by atoms with van der Waals surface area (Å²) in [5, 5.41) is 2.96. The molecule has 2 aromatic rings. The zero-order valence-corrected chi connectivity index (χ0v) is 14.4. The van der Waals surface area contributed by atoms with Gasteiger partial charge in [-0.05, 0) is 24.3 Å². The van der Waals surface area contributed by atoms with E-state index in [1.807, 2.05) is 49.4 Å². The first-order valence-corrected chi connectivity index (χ1v) is 9.05. The first-order valence-electron chi connectivity index (χ1n) is 8.06. The predicted molar refractivity (Wildman–Crippen MR) is 95.7 cm³/mol. The van der Waals surface area contributed by atoms with E-state index in [2.05, 4.69) is 17.4 Å². The maximum absolute atomic E-state index is 12.2. The van der Waals surface area contributed by atoms with Gasteiger partial charge in [0.25, 0.3) is 0 Å². The Labute approximate surface area is 146 Å². The first kappa shape index (κ1) is 16.7. The molecule has 1 N–H and O–H groups in total. The summed E-state index contributed by atoms with van der Waals surface area (Å²) in [6.07, 6.45) is -0.155. The third kappa shape index (κ3) is 4.45. The standard InChI is InChI=1S/C19H21NO3S/c1-14(13-24-16-7-3-2-4-8-16)19(21)20-11-15-12-22-17-9-5-6-10-18(17)23-15/h2-10,14-15H,11-13H2,1H3,(H,20,21). The number of carbonyl (C=O) groups excluding carboxylic acids is 1. The van der Waals surface area contributed by atoms with E-state index in [1.165, 1.54) is 4.90 Å². The lowest BCUT2D eigenvalue weighted by Crippen LogP contribution is -2.42. The minimum atomic E-state index is -0.155. The smallest absolute Gasteiger partial charge is 0.223 e. The second-order valence-corrected chi connectivity index (χ2v) is 6.86. The van der Waals surface area contributed by atoms with Gasteiger partial charge in [-0.3, -0.25) is 4.79 Å². The number of ether oxygens (including phenoxy) is 2. The van der Waals surface area contributed by atoms with Crippen molar-refractivity contribution in [3.05, 3.63) is 54.6 Å². The van der Waals surface area contributed by atoms with E-state index in [0.717, 1.165) is 17.3 Å². The SMILES string of the molecule is CC(CSc1ccccc1)C(=O)NCC1COc2ccccc2O1. The maximum Gasteiger partial charge on any atom is 0.223 e. The molecule has 3 rings (SSSR count). The minimum Gasteiger partial charge on any atom is -0.486 e. The summed E-state index contributed by atoms with van der Waals surface area (Å²) in [6.45, 7) is 2.84. The Hall–Kier alpha value is -2.14. The van der Waals surface area contributed by atoms with E-state index in [-0.39, 0.29) is 17.9 Å². The molecule has 4 nitrogen and oxygen atoms in total.